The van der Waals surface area contributed by atoms with Crippen molar-refractivity contribution in [3.8, 4) is 0 Å². The van der Waals surface area contributed by atoms with Gasteiger partial charge in [0.25, 0.3) is 5.91 Å². The zero-order valence-corrected chi connectivity index (χ0v) is 17.2. The monoisotopic (exact) mass is 421 g/mol. The zero-order chi connectivity index (χ0) is 20.1. The predicted octanol–water partition coefficient (Wildman–Crippen LogP) is 1.97. The van der Waals surface area contributed by atoms with Crippen LogP contribution in [0.1, 0.15) is 35.0 Å². The summed E-state index contributed by atoms with van der Waals surface area (Å²) in [6, 6.07) is 9.70. The summed E-state index contributed by atoms with van der Waals surface area (Å²) in [5, 5.41) is 4.82. The van der Waals surface area contributed by atoms with Crippen LogP contribution in [0, 0.1) is 0 Å². The Labute approximate surface area is 168 Å². The number of carbonyl (C=O) groups excluding carboxylic acids is 2. The van der Waals surface area contributed by atoms with E-state index in [-0.39, 0.29) is 29.3 Å². The van der Waals surface area contributed by atoms with Gasteiger partial charge < -0.3 is 10.2 Å². The molecule has 2 amide bonds. The maximum atomic E-state index is 12.5. The van der Waals surface area contributed by atoms with Crippen LogP contribution in [0.4, 0.5) is 0 Å². The Balaban J connectivity index is 1.62. The number of hydrogen-bond acceptors (Lipinski definition) is 5. The van der Waals surface area contributed by atoms with Gasteiger partial charge in [-0.3, -0.25) is 9.59 Å². The number of carbonyl (C=O) groups is 2. The molecular formula is C19H23N3O4S2. The number of piperidine rings is 1. The van der Waals surface area contributed by atoms with Crippen LogP contribution in [0.25, 0.3) is 0 Å². The van der Waals surface area contributed by atoms with E-state index in [1.807, 2.05) is 17.5 Å². The van der Waals surface area contributed by atoms with E-state index in [2.05, 4.69) is 10.0 Å². The summed E-state index contributed by atoms with van der Waals surface area (Å²) in [4.78, 5) is 26.7. The van der Waals surface area contributed by atoms with Gasteiger partial charge in [0, 0.05) is 43.0 Å². The van der Waals surface area contributed by atoms with E-state index in [1.54, 1.807) is 17.0 Å². The molecule has 2 N–H and O–H groups in total. The van der Waals surface area contributed by atoms with Crippen LogP contribution in [-0.2, 0) is 21.4 Å². The SMILES string of the molecule is CC(=O)N1CCC(NC(=O)c2cccc(S(=O)(=O)NCc3cccs3)c2)CC1. The van der Waals surface area contributed by atoms with E-state index < -0.39 is 10.0 Å². The highest BCUT2D eigenvalue weighted by Gasteiger charge is 2.23. The molecule has 2 heterocycles. The number of nitrogens with zero attached hydrogens (tertiary/aromatic N) is 1. The van der Waals surface area contributed by atoms with E-state index >= 15 is 0 Å². The Kier molecular flexibility index (Phi) is 6.48. The molecule has 0 radical (unpaired) electrons. The van der Waals surface area contributed by atoms with E-state index in [9.17, 15) is 18.0 Å². The molecule has 7 nitrogen and oxygen atoms in total. The molecule has 3 rings (SSSR count). The van der Waals surface area contributed by atoms with E-state index in [0.717, 1.165) is 4.88 Å². The average molecular weight is 422 g/mol. The molecule has 0 aliphatic carbocycles. The van der Waals surface area contributed by atoms with E-state index in [1.165, 1.54) is 30.4 Å². The van der Waals surface area contributed by atoms with Crippen molar-refractivity contribution in [3.05, 3.63) is 52.2 Å². The Bertz CT molecular complexity index is 934. The minimum atomic E-state index is -3.71. The lowest BCUT2D eigenvalue weighted by Gasteiger charge is -2.31. The molecule has 0 bridgehead atoms. The number of thiophene rings is 1. The first kappa shape index (κ1) is 20.5. The molecule has 28 heavy (non-hydrogen) atoms. The number of amides is 2. The molecule has 0 atom stereocenters. The minimum Gasteiger partial charge on any atom is -0.349 e. The fourth-order valence-corrected chi connectivity index (χ4v) is 4.86. The molecule has 1 aromatic heterocycles. The summed E-state index contributed by atoms with van der Waals surface area (Å²) in [5.41, 5.74) is 0.299. The quantitative estimate of drug-likeness (QED) is 0.745. The van der Waals surface area contributed by atoms with Gasteiger partial charge in [-0.05, 0) is 42.5 Å². The molecule has 1 saturated heterocycles. The molecule has 1 fully saturated rings. The Morgan fingerprint density at radius 3 is 2.57 bits per heavy atom. The first-order chi connectivity index (χ1) is 13.3. The Hall–Kier alpha value is -2.23. The largest absolute Gasteiger partial charge is 0.349 e. The maximum Gasteiger partial charge on any atom is 0.251 e. The fourth-order valence-electron chi connectivity index (χ4n) is 3.07. The van der Waals surface area contributed by atoms with Crippen molar-refractivity contribution >= 4 is 33.2 Å². The van der Waals surface area contributed by atoms with Gasteiger partial charge in [-0.2, -0.15) is 0 Å². The number of rotatable bonds is 6. The van der Waals surface area contributed by atoms with Crippen molar-refractivity contribution in [2.45, 2.75) is 37.2 Å². The van der Waals surface area contributed by atoms with Gasteiger partial charge in [-0.25, -0.2) is 13.1 Å². The molecule has 0 unspecified atom stereocenters. The van der Waals surface area contributed by atoms with E-state index in [4.69, 9.17) is 0 Å². The van der Waals surface area contributed by atoms with Gasteiger partial charge in [0.1, 0.15) is 0 Å². The summed E-state index contributed by atoms with van der Waals surface area (Å²) < 4.78 is 27.6. The van der Waals surface area contributed by atoms with Crippen molar-refractivity contribution in [3.63, 3.8) is 0 Å². The number of nitrogens with one attached hydrogen (secondary N) is 2. The zero-order valence-electron chi connectivity index (χ0n) is 15.6. The molecule has 0 saturated carbocycles. The fraction of sp³-hybridized carbons (Fsp3) is 0.368. The lowest BCUT2D eigenvalue weighted by molar-refractivity contribution is -0.129. The van der Waals surface area contributed by atoms with Crippen LogP contribution in [0.15, 0.2) is 46.7 Å². The molecule has 1 aliphatic heterocycles. The molecule has 1 aliphatic rings. The molecular weight excluding hydrogens is 398 g/mol. The van der Waals surface area contributed by atoms with Gasteiger partial charge in [-0.15, -0.1) is 11.3 Å². The van der Waals surface area contributed by atoms with Gasteiger partial charge >= 0.3 is 0 Å². The van der Waals surface area contributed by atoms with Gasteiger partial charge in [0.15, 0.2) is 0 Å². The van der Waals surface area contributed by atoms with Crippen molar-refractivity contribution in [2.24, 2.45) is 0 Å². The number of benzene rings is 1. The highest BCUT2D eigenvalue weighted by molar-refractivity contribution is 7.89. The minimum absolute atomic E-state index is 0.0275. The topological polar surface area (TPSA) is 95.6 Å². The second kappa shape index (κ2) is 8.85. The molecule has 9 heteroatoms. The van der Waals surface area contributed by atoms with Gasteiger partial charge in [0.2, 0.25) is 15.9 Å². The first-order valence-electron chi connectivity index (χ1n) is 9.03. The van der Waals surface area contributed by atoms with Gasteiger partial charge in [-0.1, -0.05) is 12.1 Å². The summed E-state index contributed by atoms with van der Waals surface area (Å²) in [6.07, 6.45) is 1.37. The van der Waals surface area contributed by atoms with Gasteiger partial charge in [0.05, 0.1) is 4.90 Å². The van der Waals surface area contributed by atoms with Crippen LogP contribution < -0.4 is 10.0 Å². The normalized spacial score (nSPS) is 15.4. The third-order valence-corrected chi connectivity index (χ3v) is 6.97. The number of likely N-dealkylation sites (tertiary alicyclic amines) is 1. The van der Waals surface area contributed by atoms with Crippen LogP contribution in [0.2, 0.25) is 0 Å². The number of sulfonamides is 1. The Morgan fingerprint density at radius 1 is 1.18 bits per heavy atom. The second-order valence-corrected chi connectivity index (χ2v) is 9.48. The smallest absolute Gasteiger partial charge is 0.251 e. The summed E-state index contributed by atoms with van der Waals surface area (Å²) in [6.45, 7) is 2.98. The highest BCUT2D eigenvalue weighted by Crippen LogP contribution is 2.15. The maximum absolute atomic E-state index is 12.5. The first-order valence-corrected chi connectivity index (χ1v) is 11.4. The van der Waals surface area contributed by atoms with Crippen LogP contribution in [0.5, 0.6) is 0 Å². The third-order valence-electron chi connectivity index (χ3n) is 4.70. The third kappa shape index (κ3) is 5.18. The summed E-state index contributed by atoms with van der Waals surface area (Å²) in [5.74, 6) is -0.269. The summed E-state index contributed by atoms with van der Waals surface area (Å²) in [7, 11) is -3.71. The lowest BCUT2D eigenvalue weighted by Crippen LogP contribution is -2.46. The highest BCUT2D eigenvalue weighted by atomic mass is 32.2. The number of hydrogen-bond donors (Lipinski definition) is 2. The second-order valence-electron chi connectivity index (χ2n) is 6.69. The van der Waals surface area contributed by atoms with E-state index in [0.29, 0.717) is 31.5 Å². The van der Waals surface area contributed by atoms with Crippen LogP contribution in [-0.4, -0.2) is 44.3 Å². The van der Waals surface area contributed by atoms with Crippen LogP contribution >= 0.6 is 11.3 Å². The van der Waals surface area contributed by atoms with Crippen molar-refractivity contribution < 1.29 is 18.0 Å². The predicted molar refractivity (Wildman–Crippen MR) is 108 cm³/mol. The van der Waals surface area contributed by atoms with Crippen molar-refractivity contribution in [1.29, 1.82) is 0 Å². The molecule has 0 spiro atoms. The molecule has 2 aromatic rings. The summed E-state index contributed by atoms with van der Waals surface area (Å²) >= 11 is 1.47. The van der Waals surface area contributed by atoms with Crippen molar-refractivity contribution in [2.75, 3.05) is 13.1 Å². The Morgan fingerprint density at radius 2 is 1.93 bits per heavy atom. The average Bonchev–Trinajstić information content (AvgIpc) is 3.21. The van der Waals surface area contributed by atoms with Crippen LogP contribution in [0.3, 0.4) is 0 Å². The lowest BCUT2D eigenvalue weighted by atomic mass is 10.0. The standard InChI is InChI=1S/C19H23N3O4S2/c1-14(23)22-9-7-16(8-10-22)21-19(24)15-4-2-6-18(12-15)28(25,26)20-13-17-5-3-11-27-17/h2-6,11-12,16,20H,7-10,13H2,1H3,(H,21,24). The molecule has 1 aromatic carbocycles. The molecule has 150 valence electrons. The van der Waals surface area contributed by atoms with Crippen molar-refractivity contribution in [1.82, 2.24) is 14.9 Å².